The second kappa shape index (κ2) is 5.07. The molecule has 0 aliphatic carbocycles. The molecule has 12 heavy (non-hydrogen) atoms. The molecular formula is C8H18N2OS. The monoisotopic (exact) mass is 190 g/mol. The summed E-state index contributed by atoms with van der Waals surface area (Å²) in [5, 5.41) is 0. The fraction of sp³-hybridized carbons (Fsp3) is 1.00. The lowest BCUT2D eigenvalue weighted by atomic mass is 10.2. The van der Waals surface area contributed by atoms with Crippen LogP contribution in [0.25, 0.3) is 0 Å². The van der Waals surface area contributed by atoms with Gasteiger partial charge in [0, 0.05) is 31.9 Å². The van der Waals surface area contributed by atoms with Crippen LogP contribution in [0.1, 0.15) is 0 Å². The molecule has 0 spiro atoms. The van der Waals surface area contributed by atoms with E-state index in [0.717, 1.165) is 19.7 Å². The molecule has 0 aromatic carbocycles. The highest BCUT2D eigenvalue weighted by atomic mass is 32.2. The SMILES string of the molecule is CSOCC1CN(C)CCN1C. The lowest BCUT2D eigenvalue weighted by Crippen LogP contribution is -2.51. The Morgan fingerprint density at radius 1 is 1.42 bits per heavy atom. The quantitative estimate of drug-likeness (QED) is 0.603. The zero-order chi connectivity index (χ0) is 8.97. The van der Waals surface area contributed by atoms with Crippen molar-refractivity contribution in [3.63, 3.8) is 0 Å². The van der Waals surface area contributed by atoms with Crippen LogP contribution < -0.4 is 0 Å². The van der Waals surface area contributed by atoms with Gasteiger partial charge < -0.3 is 9.08 Å². The molecule has 0 N–H and O–H groups in total. The third-order valence-corrected chi connectivity index (χ3v) is 2.73. The molecule has 1 heterocycles. The van der Waals surface area contributed by atoms with Gasteiger partial charge >= 0.3 is 0 Å². The molecule has 0 aromatic heterocycles. The molecule has 0 aromatic rings. The highest BCUT2D eigenvalue weighted by Crippen LogP contribution is 2.08. The molecule has 1 rings (SSSR count). The van der Waals surface area contributed by atoms with Crippen LogP contribution in [0.15, 0.2) is 0 Å². The van der Waals surface area contributed by atoms with Gasteiger partial charge in [0.25, 0.3) is 0 Å². The fourth-order valence-electron chi connectivity index (χ4n) is 1.43. The molecule has 0 amide bonds. The van der Waals surface area contributed by atoms with Gasteiger partial charge in [-0.15, -0.1) is 0 Å². The number of hydrogen-bond donors (Lipinski definition) is 0. The molecule has 3 nitrogen and oxygen atoms in total. The van der Waals surface area contributed by atoms with Crippen LogP contribution in [-0.4, -0.2) is 62.4 Å². The third kappa shape index (κ3) is 2.94. The van der Waals surface area contributed by atoms with E-state index in [1.54, 1.807) is 0 Å². The van der Waals surface area contributed by atoms with Crippen molar-refractivity contribution in [3.8, 4) is 0 Å². The average molecular weight is 190 g/mol. The second-order valence-corrected chi connectivity index (χ2v) is 3.92. The highest BCUT2D eigenvalue weighted by molar-refractivity contribution is 7.93. The van der Waals surface area contributed by atoms with Gasteiger partial charge in [-0.2, -0.15) is 0 Å². The molecule has 1 unspecified atom stereocenters. The molecule has 1 aliphatic heterocycles. The Labute approximate surface area is 79.3 Å². The van der Waals surface area contributed by atoms with E-state index < -0.39 is 0 Å². The maximum absolute atomic E-state index is 5.34. The van der Waals surface area contributed by atoms with Crippen molar-refractivity contribution in [2.24, 2.45) is 0 Å². The molecule has 0 saturated carbocycles. The van der Waals surface area contributed by atoms with Gasteiger partial charge in [-0.1, -0.05) is 0 Å². The maximum Gasteiger partial charge on any atom is 0.0781 e. The van der Waals surface area contributed by atoms with E-state index in [4.69, 9.17) is 4.18 Å². The van der Waals surface area contributed by atoms with Crippen molar-refractivity contribution in [3.05, 3.63) is 0 Å². The van der Waals surface area contributed by atoms with Crippen molar-refractivity contribution < 1.29 is 4.18 Å². The number of nitrogens with zero attached hydrogens (tertiary/aromatic N) is 2. The molecular weight excluding hydrogens is 172 g/mol. The Bertz CT molecular complexity index is 134. The van der Waals surface area contributed by atoms with Crippen LogP contribution >= 0.6 is 12.0 Å². The standard InChI is InChI=1S/C8H18N2OS/c1-9-4-5-10(2)8(6-9)7-11-12-3/h8H,4-7H2,1-3H3. The molecule has 1 atom stereocenters. The summed E-state index contributed by atoms with van der Waals surface area (Å²) < 4.78 is 5.34. The summed E-state index contributed by atoms with van der Waals surface area (Å²) in [6, 6.07) is 0.566. The van der Waals surface area contributed by atoms with E-state index in [0.29, 0.717) is 6.04 Å². The first-order chi connectivity index (χ1) is 5.74. The van der Waals surface area contributed by atoms with Crippen LogP contribution in [0.5, 0.6) is 0 Å². The van der Waals surface area contributed by atoms with E-state index in [2.05, 4.69) is 23.9 Å². The summed E-state index contributed by atoms with van der Waals surface area (Å²) >= 11 is 1.45. The van der Waals surface area contributed by atoms with Crippen LogP contribution in [-0.2, 0) is 4.18 Å². The lowest BCUT2D eigenvalue weighted by Gasteiger charge is -2.37. The predicted octanol–water partition coefficient (Wildman–Crippen LogP) is 0.527. The summed E-state index contributed by atoms with van der Waals surface area (Å²) in [4.78, 5) is 4.73. The van der Waals surface area contributed by atoms with Crippen molar-refractivity contribution >= 4 is 12.0 Å². The molecule has 1 aliphatic rings. The molecule has 1 saturated heterocycles. The van der Waals surface area contributed by atoms with Gasteiger partial charge in [0.2, 0.25) is 0 Å². The Morgan fingerprint density at radius 3 is 2.83 bits per heavy atom. The third-order valence-electron chi connectivity index (χ3n) is 2.36. The Morgan fingerprint density at radius 2 is 2.17 bits per heavy atom. The number of rotatable bonds is 3. The summed E-state index contributed by atoms with van der Waals surface area (Å²) in [6.45, 7) is 4.28. The Balaban J connectivity index is 2.28. The van der Waals surface area contributed by atoms with Crippen molar-refractivity contribution in [2.75, 3.05) is 46.6 Å². The number of piperazine rings is 1. The zero-order valence-corrected chi connectivity index (χ0v) is 8.93. The average Bonchev–Trinajstić information content (AvgIpc) is 2.07. The van der Waals surface area contributed by atoms with E-state index in [-0.39, 0.29) is 0 Å². The smallest absolute Gasteiger partial charge is 0.0781 e. The lowest BCUT2D eigenvalue weighted by molar-refractivity contribution is 0.0846. The van der Waals surface area contributed by atoms with Crippen molar-refractivity contribution in [1.29, 1.82) is 0 Å². The maximum atomic E-state index is 5.34. The van der Waals surface area contributed by atoms with Crippen LogP contribution in [0, 0.1) is 0 Å². The molecule has 4 heteroatoms. The van der Waals surface area contributed by atoms with E-state index in [1.165, 1.54) is 18.6 Å². The van der Waals surface area contributed by atoms with Crippen LogP contribution in [0.3, 0.4) is 0 Å². The van der Waals surface area contributed by atoms with Crippen molar-refractivity contribution in [2.45, 2.75) is 6.04 Å². The van der Waals surface area contributed by atoms with E-state index in [1.807, 2.05) is 6.26 Å². The zero-order valence-electron chi connectivity index (χ0n) is 8.12. The summed E-state index contributed by atoms with van der Waals surface area (Å²) in [5.41, 5.74) is 0. The van der Waals surface area contributed by atoms with Crippen LogP contribution in [0.2, 0.25) is 0 Å². The first kappa shape index (κ1) is 10.3. The minimum absolute atomic E-state index is 0.566. The van der Waals surface area contributed by atoms with Gasteiger partial charge in [-0.25, -0.2) is 0 Å². The molecule has 0 radical (unpaired) electrons. The van der Waals surface area contributed by atoms with Gasteiger partial charge in [0.1, 0.15) is 0 Å². The van der Waals surface area contributed by atoms with Gasteiger partial charge in [0.15, 0.2) is 0 Å². The highest BCUT2D eigenvalue weighted by Gasteiger charge is 2.21. The number of hydrogen-bond acceptors (Lipinski definition) is 4. The first-order valence-electron chi connectivity index (χ1n) is 4.28. The molecule has 0 bridgehead atoms. The van der Waals surface area contributed by atoms with E-state index in [9.17, 15) is 0 Å². The Kier molecular flexibility index (Phi) is 4.35. The van der Waals surface area contributed by atoms with Crippen molar-refractivity contribution in [1.82, 2.24) is 9.80 Å². The van der Waals surface area contributed by atoms with Gasteiger partial charge in [0.05, 0.1) is 6.61 Å². The van der Waals surface area contributed by atoms with E-state index >= 15 is 0 Å². The minimum atomic E-state index is 0.566. The first-order valence-corrected chi connectivity index (χ1v) is 5.43. The topological polar surface area (TPSA) is 15.7 Å². The molecule has 1 fully saturated rings. The Hall–Kier alpha value is 0.230. The normalized spacial score (nSPS) is 27.8. The summed E-state index contributed by atoms with van der Waals surface area (Å²) in [5.74, 6) is 0. The molecule has 72 valence electrons. The summed E-state index contributed by atoms with van der Waals surface area (Å²) in [6.07, 6.45) is 1.96. The largest absolute Gasteiger partial charge is 0.314 e. The summed E-state index contributed by atoms with van der Waals surface area (Å²) in [7, 11) is 4.33. The fourth-order valence-corrected chi connectivity index (χ4v) is 1.72. The van der Waals surface area contributed by atoms with Gasteiger partial charge in [-0.3, -0.25) is 4.90 Å². The predicted molar refractivity (Wildman–Crippen MR) is 53.4 cm³/mol. The minimum Gasteiger partial charge on any atom is -0.314 e. The van der Waals surface area contributed by atoms with Crippen LogP contribution in [0.4, 0.5) is 0 Å². The number of likely N-dealkylation sites (N-methyl/N-ethyl adjacent to an activating group) is 2. The van der Waals surface area contributed by atoms with Gasteiger partial charge in [-0.05, 0) is 26.1 Å². The second-order valence-electron chi connectivity index (χ2n) is 3.35.